The van der Waals surface area contributed by atoms with E-state index in [0.29, 0.717) is 12.5 Å². The number of carbonyl (C=O) groups is 1. The van der Waals surface area contributed by atoms with Crippen LogP contribution in [0.25, 0.3) is 0 Å². The van der Waals surface area contributed by atoms with Gasteiger partial charge in [0.1, 0.15) is 12.2 Å². The Balaban J connectivity index is 4.09. The fourth-order valence-electron chi connectivity index (χ4n) is 1.16. The van der Waals surface area contributed by atoms with Crippen LogP contribution in [-0.2, 0) is 14.3 Å². The quantitative estimate of drug-likeness (QED) is 0.629. The smallest absolute Gasteiger partial charge is 0.308 e. The highest BCUT2D eigenvalue weighted by atomic mass is 16.6. The van der Waals surface area contributed by atoms with Crippen molar-refractivity contribution in [2.24, 2.45) is 11.8 Å². The number of hydrogen-bond acceptors (Lipinski definition) is 3. The van der Waals surface area contributed by atoms with Gasteiger partial charge in [-0.2, -0.15) is 0 Å². The lowest BCUT2D eigenvalue weighted by atomic mass is 10.1. The lowest BCUT2D eigenvalue weighted by molar-refractivity contribution is -0.154. The molecule has 3 nitrogen and oxygen atoms in total. The van der Waals surface area contributed by atoms with Crippen molar-refractivity contribution in [1.29, 1.82) is 0 Å². The van der Waals surface area contributed by atoms with Crippen LogP contribution < -0.4 is 0 Å². The minimum absolute atomic E-state index is 0.0920. The summed E-state index contributed by atoms with van der Waals surface area (Å²) in [4.78, 5) is 11.4. The van der Waals surface area contributed by atoms with Crippen molar-refractivity contribution in [3.8, 4) is 0 Å². The summed E-state index contributed by atoms with van der Waals surface area (Å²) < 4.78 is 10.9. The van der Waals surface area contributed by atoms with Crippen molar-refractivity contribution in [3.63, 3.8) is 0 Å². The Hall–Kier alpha value is -0.570. The first-order valence-corrected chi connectivity index (χ1v) is 6.07. The first-order valence-electron chi connectivity index (χ1n) is 6.07. The second-order valence-electron chi connectivity index (χ2n) is 4.76. The zero-order chi connectivity index (χ0) is 12.7. The van der Waals surface area contributed by atoms with E-state index in [2.05, 4.69) is 13.8 Å². The third kappa shape index (κ3) is 6.11. The normalized spacial score (nSPS) is 13.6. The molecule has 0 heterocycles. The zero-order valence-corrected chi connectivity index (χ0v) is 11.4. The molecule has 0 aliphatic rings. The Morgan fingerprint density at radius 2 is 1.69 bits per heavy atom. The molecular formula is C13H25O3. The fraction of sp³-hybridized carbons (Fsp3) is 0.846. The van der Waals surface area contributed by atoms with E-state index in [-0.39, 0.29) is 18.0 Å². The minimum atomic E-state index is -0.251. The van der Waals surface area contributed by atoms with E-state index in [1.54, 1.807) is 0 Å². The summed E-state index contributed by atoms with van der Waals surface area (Å²) in [5, 5.41) is 0. The van der Waals surface area contributed by atoms with Gasteiger partial charge in [0.2, 0.25) is 0 Å². The summed E-state index contributed by atoms with van der Waals surface area (Å²) in [6, 6.07) is 0. The van der Waals surface area contributed by atoms with Crippen LogP contribution in [0.1, 0.15) is 48.0 Å². The van der Waals surface area contributed by atoms with Gasteiger partial charge < -0.3 is 9.47 Å². The molecule has 0 bridgehead atoms. The average molecular weight is 229 g/mol. The van der Waals surface area contributed by atoms with Crippen LogP contribution >= 0.6 is 0 Å². The molecule has 0 aliphatic carbocycles. The summed E-state index contributed by atoms with van der Waals surface area (Å²) in [6.45, 7) is 12.4. The van der Waals surface area contributed by atoms with Crippen LogP contribution in [0.4, 0.5) is 0 Å². The Labute approximate surface area is 99.5 Å². The molecule has 0 saturated heterocycles. The molecule has 1 atom stereocenters. The van der Waals surface area contributed by atoms with E-state index in [1.165, 1.54) is 0 Å². The molecule has 0 amide bonds. The van der Waals surface area contributed by atoms with E-state index >= 15 is 0 Å². The minimum Gasteiger partial charge on any atom is -0.459 e. The van der Waals surface area contributed by atoms with Gasteiger partial charge in [-0.15, -0.1) is 0 Å². The largest absolute Gasteiger partial charge is 0.459 e. The van der Waals surface area contributed by atoms with Gasteiger partial charge in [-0.1, -0.05) is 34.6 Å². The lowest BCUT2D eigenvalue weighted by Gasteiger charge is -2.23. The Kier molecular flexibility index (Phi) is 7.39. The average Bonchev–Trinajstić information content (AvgIpc) is 2.17. The van der Waals surface area contributed by atoms with Crippen LogP contribution in [-0.4, -0.2) is 18.7 Å². The molecule has 0 spiro atoms. The molecule has 0 aliphatic heterocycles. The molecule has 1 unspecified atom stereocenters. The van der Waals surface area contributed by atoms with Crippen LogP contribution in [0.3, 0.4) is 0 Å². The second-order valence-corrected chi connectivity index (χ2v) is 4.76. The SMILES string of the molecule is CC[C](OCC(C)C)C(C)OC(=O)C(C)C. The number of carbonyl (C=O) groups excluding carboxylic acids is 1. The van der Waals surface area contributed by atoms with Crippen LogP contribution in [0.5, 0.6) is 0 Å². The highest BCUT2D eigenvalue weighted by Gasteiger charge is 2.22. The van der Waals surface area contributed by atoms with Crippen molar-refractivity contribution in [1.82, 2.24) is 0 Å². The standard InChI is InChI=1S/C13H25O3/c1-7-12(15-8-9(2)3)11(6)16-13(14)10(4)5/h9-11H,7-8H2,1-6H3. The first kappa shape index (κ1) is 15.4. The molecular weight excluding hydrogens is 204 g/mol. The van der Waals surface area contributed by atoms with Crippen LogP contribution in [0.2, 0.25) is 0 Å². The molecule has 0 saturated carbocycles. The number of ether oxygens (including phenoxy) is 2. The summed E-state index contributed by atoms with van der Waals surface area (Å²) in [5.41, 5.74) is 0. The molecule has 0 rings (SSSR count). The van der Waals surface area contributed by atoms with Crippen molar-refractivity contribution in [2.45, 2.75) is 54.1 Å². The van der Waals surface area contributed by atoms with Gasteiger partial charge in [0.05, 0.1) is 5.92 Å². The molecule has 0 N–H and O–H groups in total. The highest BCUT2D eigenvalue weighted by Crippen LogP contribution is 2.18. The monoisotopic (exact) mass is 229 g/mol. The maximum absolute atomic E-state index is 11.4. The predicted octanol–water partition coefficient (Wildman–Crippen LogP) is 3.19. The van der Waals surface area contributed by atoms with E-state index < -0.39 is 0 Å². The molecule has 0 fully saturated rings. The Morgan fingerprint density at radius 3 is 2.06 bits per heavy atom. The fourth-order valence-corrected chi connectivity index (χ4v) is 1.16. The van der Waals surface area contributed by atoms with Crippen LogP contribution in [0.15, 0.2) is 0 Å². The maximum atomic E-state index is 11.4. The number of hydrogen-bond donors (Lipinski definition) is 0. The van der Waals surface area contributed by atoms with Gasteiger partial charge >= 0.3 is 5.97 Å². The Morgan fingerprint density at radius 1 is 1.12 bits per heavy atom. The summed E-state index contributed by atoms with van der Waals surface area (Å²) in [7, 11) is 0. The number of rotatable bonds is 7. The van der Waals surface area contributed by atoms with Gasteiger partial charge in [0, 0.05) is 6.61 Å². The molecule has 3 heteroatoms. The van der Waals surface area contributed by atoms with Gasteiger partial charge in [-0.3, -0.25) is 4.79 Å². The molecule has 0 aromatic rings. The van der Waals surface area contributed by atoms with Gasteiger partial charge in [-0.25, -0.2) is 0 Å². The van der Waals surface area contributed by atoms with Crippen molar-refractivity contribution < 1.29 is 14.3 Å². The molecule has 0 aromatic heterocycles. The predicted molar refractivity (Wildman–Crippen MR) is 64.7 cm³/mol. The van der Waals surface area contributed by atoms with E-state index in [9.17, 15) is 4.79 Å². The molecule has 95 valence electrons. The van der Waals surface area contributed by atoms with Crippen molar-refractivity contribution >= 4 is 5.97 Å². The number of esters is 1. The van der Waals surface area contributed by atoms with Crippen LogP contribution in [0, 0.1) is 17.9 Å². The van der Waals surface area contributed by atoms with Crippen molar-refractivity contribution in [2.75, 3.05) is 6.61 Å². The van der Waals surface area contributed by atoms with Gasteiger partial charge in [-0.05, 0) is 19.3 Å². The topological polar surface area (TPSA) is 35.5 Å². The zero-order valence-electron chi connectivity index (χ0n) is 11.4. The summed E-state index contributed by atoms with van der Waals surface area (Å²) in [5.74, 6) is 0.215. The second kappa shape index (κ2) is 7.66. The van der Waals surface area contributed by atoms with E-state index in [4.69, 9.17) is 9.47 Å². The Bertz CT molecular complexity index is 199. The van der Waals surface area contributed by atoms with Gasteiger partial charge in [0.25, 0.3) is 0 Å². The molecule has 16 heavy (non-hydrogen) atoms. The molecule has 1 radical (unpaired) electrons. The van der Waals surface area contributed by atoms with Gasteiger partial charge in [0.15, 0.2) is 0 Å². The molecule has 0 aromatic carbocycles. The van der Waals surface area contributed by atoms with Crippen molar-refractivity contribution in [3.05, 3.63) is 6.10 Å². The summed E-state index contributed by atoms with van der Waals surface area (Å²) >= 11 is 0. The third-order valence-corrected chi connectivity index (χ3v) is 2.17. The first-order chi connectivity index (χ1) is 7.38. The highest BCUT2D eigenvalue weighted by molar-refractivity contribution is 5.71. The summed E-state index contributed by atoms with van der Waals surface area (Å²) in [6.07, 6.45) is 1.38. The third-order valence-electron chi connectivity index (χ3n) is 2.17. The van der Waals surface area contributed by atoms with E-state index in [0.717, 1.165) is 12.5 Å². The maximum Gasteiger partial charge on any atom is 0.308 e. The van der Waals surface area contributed by atoms with E-state index in [1.807, 2.05) is 27.7 Å². The lowest BCUT2D eigenvalue weighted by Crippen LogP contribution is -2.27.